The summed E-state index contributed by atoms with van der Waals surface area (Å²) in [5, 5.41) is 13.4. The molecule has 0 radical (unpaired) electrons. The molecule has 2 aromatic rings. The van der Waals surface area contributed by atoms with Crippen molar-refractivity contribution in [3.63, 3.8) is 0 Å². The van der Waals surface area contributed by atoms with Crippen LogP contribution in [0.15, 0.2) is 42.7 Å². The van der Waals surface area contributed by atoms with Gasteiger partial charge in [-0.3, -0.25) is 14.4 Å². The molecular formula is C14H16FN3O2. The Kier molecular flexibility index (Phi) is 4.47. The minimum absolute atomic E-state index is 0.378. The van der Waals surface area contributed by atoms with E-state index < -0.39 is 12.0 Å². The molecule has 1 aromatic heterocycles. The molecule has 20 heavy (non-hydrogen) atoms. The standard InChI is InChI=1S/C14H16FN3O2/c1-17(9-10-18-8-2-7-16-18)13(14(19)20)11-3-5-12(15)6-4-11/h2-8,13H,9-10H2,1H3,(H,19,20). The van der Waals surface area contributed by atoms with E-state index in [0.29, 0.717) is 18.7 Å². The van der Waals surface area contributed by atoms with Gasteiger partial charge in [-0.25, -0.2) is 4.39 Å². The van der Waals surface area contributed by atoms with Gasteiger partial charge in [0.05, 0.1) is 6.54 Å². The molecule has 0 saturated heterocycles. The fourth-order valence-corrected chi connectivity index (χ4v) is 2.05. The van der Waals surface area contributed by atoms with Gasteiger partial charge in [0.25, 0.3) is 0 Å². The van der Waals surface area contributed by atoms with Crippen LogP contribution in [0.2, 0.25) is 0 Å². The number of hydrogen-bond donors (Lipinski definition) is 1. The van der Waals surface area contributed by atoms with Gasteiger partial charge in [0.2, 0.25) is 0 Å². The zero-order valence-corrected chi connectivity index (χ0v) is 11.1. The lowest BCUT2D eigenvalue weighted by atomic mass is 10.1. The van der Waals surface area contributed by atoms with Crippen LogP contribution in [0.4, 0.5) is 4.39 Å². The maximum absolute atomic E-state index is 12.9. The van der Waals surface area contributed by atoms with E-state index in [2.05, 4.69) is 5.10 Å². The van der Waals surface area contributed by atoms with Gasteiger partial charge in [0, 0.05) is 18.9 Å². The van der Waals surface area contributed by atoms with Crippen LogP contribution in [0.1, 0.15) is 11.6 Å². The van der Waals surface area contributed by atoms with E-state index in [1.54, 1.807) is 22.8 Å². The number of nitrogens with zero attached hydrogens (tertiary/aromatic N) is 3. The summed E-state index contributed by atoms with van der Waals surface area (Å²) in [5.74, 6) is -1.34. The van der Waals surface area contributed by atoms with E-state index in [4.69, 9.17) is 0 Å². The Balaban J connectivity index is 2.07. The second kappa shape index (κ2) is 6.29. The molecule has 0 aliphatic heterocycles. The maximum atomic E-state index is 12.9. The number of carboxylic acid groups (broad SMARTS) is 1. The first kappa shape index (κ1) is 14.2. The number of halogens is 1. The van der Waals surface area contributed by atoms with Crippen molar-refractivity contribution < 1.29 is 14.3 Å². The summed E-state index contributed by atoms with van der Waals surface area (Å²) in [4.78, 5) is 13.1. The van der Waals surface area contributed by atoms with Crippen molar-refractivity contribution >= 4 is 5.97 Å². The lowest BCUT2D eigenvalue weighted by Crippen LogP contribution is -2.33. The van der Waals surface area contributed by atoms with Gasteiger partial charge in [-0.1, -0.05) is 12.1 Å². The number of hydrogen-bond acceptors (Lipinski definition) is 3. The second-order valence-corrected chi connectivity index (χ2v) is 4.54. The average Bonchev–Trinajstić information content (AvgIpc) is 2.92. The minimum Gasteiger partial charge on any atom is -0.480 e. The molecule has 1 N–H and O–H groups in total. The molecule has 0 spiro atoms. The smallest absolute Gasteiger partial charge is 0.325 e. The molecule has 1 unspecified atom stereocenters. The van der Waals surface area contributed by atoms with Crippen LogP contribution >= 0.6 is 0 Å². The predicted octanol–water partition coefficient (Wildman–Crippen LogP) is 1.78. The Labute approximate surface area is 116 Å². The van der Waals surface area contributed by atoms with E-state index >= 15 is 0 Å². The molecule has 0 fully saturated rings. The molecule has 2 rings (SSSR count). The number of likely N-dealkylation sites (N-methyl/N-ethyl adjacent to an activating group) is 1. The Morgan fingerprint density at radius 3 is 2.70 bits per heavy atom. The van der Waals surface area contributed by atoms with Crippen molar-refractivity contribution in [1.82, 2.24) is 14.7 Å². The molecule has 6 heteroatoms. The number of aromatic nitrogens is 2. The van der Waals surface area contributed by atoms with Gasteiger partial charge in [0.15, 0.2) is 0 Å². The fourth-order valence-electron chi connectivity index (χ4n) is 2.05. The van der Waals surface area contributed by atoms with Crippen LogP contribution in [-0.2, 0) is 11.3 Å². The highest BCUT2D eigenvalue weighted by Crippen LogP contribution is 2.20. The molecule has 1 heterocycles. The summed E-state index contributed by atoms with van der Waals surface area (Å²) in [6.07, 6.45) is 3.50. The third kappa shape index (κ3) is 3.42. The van der Waals surface area contributed by atoms with Crippen LogP contribution in [0.25, 0.3) is 0 Å². The van der Waals surface area contributed by atoms with E-state index in [1.807, 2.05) is 12.3 Å². The van der Waals surface area contributed by atoms with Gasteiger partial charge in [0.1, 0.15) is 11.9 Å². The monoisotopic (exact) mass is 277 g/mol. The number of carboxylic acids is 1. The quantitative estimate of drug-likeness (QED) is 0.874. The van der Waals surface area contributed by atoms with Gasteiger partial charge in [-0.2, -0.15) is 5.10 Å². The van der Waals surface area contributed by atoms with Gasteiger partial charge < -0.3 is 5.11 Å². The Hall–Kier alpha value is -2.21. The molecule has 106 valence electrons. The first-order chi connectivity index (χ1) is 9.58. The highest BCUT2D eigenvalue weighted by atomic mass is 19.1. The summed E-state index contributed by atoms with van der Waals surface area (Å²) in [6.45, 7) is 1.12. The molecule has 0 aliphatic rings. The molecule has 0 aliphatic carbocycles. The average molecular weight is 277 g/mol. The van der Waals surface area contributed by atoms with Crippen molar-refractivity contribution in [2.45, 2.75) is 12.6 Å². The molecule has 1 atom stereocenters. The SMILES string of the molecule is CN(CCn1cccn1)C(C(=O)O)c1ccc(F)cc1. The van der Waals surface area contributed by atoms with E-state index in [1.165, 1.54) is 24.3 Å². The lowest BCUT2D eigenvalue weighted by molar-refractivity contribution is -0.143. The number of benzene rings is 1. The van der Waals surface area contributed by atoms with Crippen LogP contribution in [0.3, 0.4) is 0 Å². The lowest BCUT2D eigenvalue weighted by Gasteiger charge is -2.24. The predicted molar refractivity (Wildman–Crippen MR) is 71.6 cm³/mol. The Morgan fingerprint density at radius 2 is 2.15 bits per heavy atom. The normalized spacial score (nSPS) is 12.6. The van der Waals surface area contributed by atoms with Crippen molar-refractivity contribution in [2.75, 3.05) is 13.6 Å². The molecule has 1 aromatic carbocycles. The first-order valence-corrected chi connectivity index (χ1v) is 6.24. The summed E-state index contributed by atoms with van der Waals surface area (Å²) in [6, 6.07) is 6.55. The topological polar surface area (TPSA) is 58.4 Å². The fraction of sp³-hybridized carbons (Fsp3) is 0.286. The second-order valence-electron chi connectivity index (χ2n) is 4.54. The maximum Gasteiger partial charge on any atom is 0.325 e. The van der Waals surface area contributed by atoms with E-state index in [-0.39, 0.29) is 5.82 Å². The number of aliphatic carboxylic acids is 1. The van der Waals surface area contributed by atoms with Gasteiger partial charge in [-0.05, 0) is 30.8 Å². The van der Waals surface area contributed by atoms with Crippen molar-refractivity contribution in [3.05, 3.63) is 54.1 Å². The number of carbonyl (C=O) groups is 1. The first-order valence-electron chi connectivity index (χ1n) is 6.24. The molecule has 0 saturated carbocycles. The zero-order valence-electron chi connectivity index (χ0n) is 11.1. The van der Waals surface area contributed by atoms with Crippen LogP contribution in [0.5, 0.6) is 0 Å². The van der Waals surface area contributed by atoms with Gasteiger partial charge in [-0.15, -0.1) is 0 Å². The molecule has 0 bridgehead atoms. The van der Waals surface area contributed by atoms with Crippen molar-refractivity contribution in [1.29, 1.82) is 0 Å². The largest absolute Gasteiger partial charge is 0.480 e. The van der Waals surface area contributed by atoms with Crippen molar-refractivity contribution in [3.8, 4) is 0 Å². The number of rotatable bonds is 6. The summed E-state index contributed by atoms with van der Waals surface area (Å²) >= 11 is 0. The van der Waals surface area contributed by atoms with Crippen molar-refractivity contribution in [2.24, 2.45) is 0 Å². The minimum atomic E-state index is -0.959. The third-order valence-corrected chi connectivity index (χ3v) is 3.10. The third-order valence-electron chi connectivity index (χ3n) is 3.10. The highest BCUT2D eigenvalue weighted by Gasteiger charge is 2.24. The zero-order chi connectivity index (χ0) is 14.5. The molecular weight excluding hydrogens is 261 g/mol. The molecule has 5 nitrogen and oxygen atoms in total. The highest BCUT2D eigenvalue weighted by molar-refractivity contribution is 5.75. The van der Waals surface area contributed by atoms with Crippen LogP contribution in [0, 0.1) is 5.82 Å². The molecule has 0 amide bonds. The van der Waals surface area contributed by atoms with Crippen LogP contribution < -0.4 is 0 Å². The summed E-state index contributed by atoms with van der Waals surface area (Å²) in [5.41, 5.74) is 0.557. The van der Waals surface area contributed by atoms with Gasteiger partial charge >= 0.3 is 5.97 Å². The van der Waals surface area contributed by atoms with Crippen LogP contribution in [-0.4, -0.2) is 39.3 Å². The Morgan fingerprint density at radius 1 is 1.45 bits per heavy atom. The summed E-state index contributed by atoms with van der Waals surface area (Å²) in [7, 11) is 1.73. The van der Waals surface area contributed by atoms with E-state index in [9.17, 15) is 14.3 Å². The van der Waals surface area contributed by atoms with E-state index in [0.717, 1.165) is 0 Å². The summed E-state index contributed by atoms with van der Waals surface area (Å²) < 4.78 is 14.6. The Bertz CT molecular complexity index is 554.